The molecule has 0 aliphatic rings. The zero-order valence-corrected chi connectivity index (χ0v) is 11.5. The summed E-state index contributed by atoms with van der Waals surface area (Å²) in [4.78, 5) is 25.9. The van der Waals surface area contributed by atoms with Crippen molar-refractivity contribution in [3.63, 3.8) is 0 Å². The van der Waals surface area contributed by atoms with Crippen LogP contribution in [0.3, 0.4) is 0 Å². The molecule has 0 fully saturated rings. The average molecular weight is 284 g/mol. The molecule has 0 saturated heterocycles. The lowest BCUT2D eigenvalue weighted by Gasteiger charge is -2.06. The van der Waals surface area contributed by atoms with E-state index >= 15 is 0 Å². The first-order chi connectivity index (χ1) is 10.1. The summed E-state index contributed by atoms with van der Waals surface area (Å²) in [5.41, 5.74) is 2.97. The van der Waals surface area contributed by atoms with E-state index in [4.69, 9.17) is 5.11 Å². The minimum absolute atomic E-state index is 0.0197. The van der Waals surface area contributed by atoms with Gasteiger partial charge in [-0.05, 0) is 41.8 Å². The Labute approximate surface area is 122 Å². The Morgan fingerprint density at radius 1 is 0.952 bits per heavy atom. The van der Waals surface area contributed by atoms with Gasteiger partial charge in [0, 0.05) is 24.5 Å². The molecule has 0 spiro atoms. The summed E-state index contributed by atoms with van der Waals surface area (Å²) >= 11 is 0. The molecule has 0 atom stereocenters. The number of anilines is 1. The lowest BCUT2D eigenvalue weighted by atomic mass is 10.1. The van der Waals surface area contributed by atoms with Gasteiger partial charge in [0.05, 0.1) is 6.42 Å². The third kappa shape index (κ3) is 5.06. The van der Waals surface area contributed by atoms with E-state index in [-0.39, 0.29) is 18.7 Å². The summed E-state index contributed by atoms with van der Waals surface area (Å²) in [6.07, 6.45) is 4.13. The summed E-state index contributed by atoms with van der Waals surface area (Å²) in [5.74, 6) is -1.27. The Balaban J connectivity index is 1.90. The highest BCUT2D eigenvalue weighted by atomic mass is 16.4. The summed E-state index contributed by atoms with van der Waals surface area (Å²) < 4.78 is 0. The van der Waals surface area contributed by atoms with E-state index in [9.17, 15) is 9.59 Å². The van der Waals surface area contributed by atoms with Gasteiger partial charge >= 0.3 is 5.97 Å². The van der Waals surface area contributed by atoms with Crippen LogP contribution in [0.5, 0.6) is 0 Å². The van der Waals surface area contributed by atoms with Gasteiger partial charge in [-0.2, -0.15) is 0 Å². The minimum Gasteiger partial charge on any atom is -0.481 e. The average Bonchev–Trinajstić information content (AvgIpc) is 2.48. The first kappa shape index (κ1) is 14.7. The van der Waals surface area contributed by atoms with E-state index in [1.807, 2.05) is 36.4 Å². The number of pyridine rings is 1. The topological polar surface area (TPSA) is 79.3 Å². The maximum atomic E-state index is 11.5. The zero-order valence-electron chi connectivity index (χ0n) is 11.5. The summed E-state index contributed by atoms with van der Waals surface area (Å²) in [5, 5.41) is 11.2. The van der Waals surface area contributed by atoms with Crippen LogP contribution in [0.4, 0.5) is 5.69 Å². The van der Waals surface area contributed by atoms with Crippen LogP contribution in [-0.4, -0.2) is 22.0 Å². The maximum absolute atomic E-state index is 11.5. The van der Waals surface area contributed by atoms with Gasteiger partial charge < -0.3 is 10.4 Å². The van der Waals surface area contributed by atoms with Crippen LogP contribution in [-0.2, 0) is 16.0 Å². The molecule has 21 heavy (non-hydrogen) atoms. The number of carbonyl (C=O) groups excluding carboxylic acids is 1. The maximum Gasteiger partial charge on any atom is 0.303 e. The first-order valence-corrected chi connectivity index (χ1v) is 6.63. The molecule has 0 radical (unpaired) electrons. The van der Waals surface area contributed by atoms with Gasteiger partial charge in [-0.3, -0.25) is 14.6 Å². The largest absolute Gasteiger partial charge is 0.481 e. The zero-order chi connectivity index (χ0) is 15.1. The lowest BCUT2D eigenvalue weighted by molar-refractivity contribution is -0.138. The van der Waals surface area contributed by atoms with E-state index in [2.05, 4.69) is 10.3 Å². The molecule has 1 aromatic carbocycles. The van der Waals surface area contributed by atoms with Gasteiger partial charge in [0.15, 0.2) is 0 Å². The van der Waals surface area contributed by atoms with Crippen molar-refractivity contribution < 1.29 is 14.7 Å². The number of nitrogens with zero attached hydrogens (tertiary/aromatic N) is 1. The number of carboxylic acids is 1. The van der Waals surface area contributed by atoms with E-state index in [0.717, 1.165) is 12.0 Å². The molecule has 1 heterocycles. The summed E-state index contributed by atoms with van der Waals surface area (Å²) in [6.45, 7) is 0. The fourth-order valence-corrected chi connectivity index (χ4v) is 1.89. The number of carboxylic acid groups (broad SMARTS) is 1. The lowest BCUT2D eigenvalue weighted by Crippen LogP contribution is -2.13. The number of aromatic nitrogens is 1. The number of nitrogens with one attached hydrogen (secondary N) is 1. The van der Waals surface area contributed by atoms with Gasteiger partial charge in [-0.25, -0.2) is 0 Å². The predicted molar refractivity (Wildman–Crippen MR) is 79.0 cm³/mol. The second kappa shape index (κ2) is 7.19. The molecule has 0 saturated carbocycles. The van der Waals surface area contributed by atoms with Gasteiger partial charge in [0.2, 0.25) is 5.91 Å². The molecule has 2 rings (SSSR count). The number of hydrogen-bond acceptors (Lipinski definition) is 3. The standard InChI is InChI=1S/C16H16N2O3/c19-15(5-6-16(20)21)18-14-3-1-12(2-4-14)11-13-7-9-17-10-8-13/h1-4,7-10H,5-6,11H2,(H,18,19)(H,20,21). The number of carbonyl (C=O) groups is 2. The van der Waals surface area contributed by atoms with Crippen LogP contribution in [0.2, 0.25) is 0 Å². The monoisotopic (exact) mass is 284 g/mol. The van der Waals surface area contributed by atoms with Crippen LogP contribution in [0.1, 0.15) is 24.0 Å². The highest BCUT2D eigenvalue weighted by Crippen LogP contribution is 2.13. The molecule has 0 unspecified atom stereocenters. The SMILES string of the molecule is O=C(O)CCC(=O)Nc1ccc(Cc2ccncc2)cc1. The highest BCUT2D eigenvalue weighted by molar-refractivity contribution is 5.92. The van der Waals surface area contributed by atoms with Gasteiger partial charge in [-0.1, -0.05) is 12.1 Å². The number of aliphatic carboxylic acids is 1. The number of benzene rings is 1. The third-order valence-electron chi connectivity index (χ3n) is 2.96. The fraction of sp³-hybridized carbons (Fsp3) is 0.188. The van der Waals surface area contributed by atoms with Crippen LogP contribution in [0.25, 0.3) is 0 Å². The van der Waals surface area contributed by atoms with Crippen molar-refractivity contribution >= 4 is 17.6 Å². The fourth-order valence-electron chi connectivity index (χ4n) is 1.89. The van der Waals surface area contributed by atoms with Crippen LogP contribution in [0, 0.1) is 0 Å². The molecule has 2 aromatic rings. The number of hydrogen-bond donors (Lipinski definition) is 2. The predicted octanol–water partition coefficient (Wildman–Crippen LogP) is 2.48. The van der Waals surface area contributed by atoms with E-state index in [1.165, 1.54) is 5.56 Å². The molecular formula is C16H16N2O3. The Morgan fingerprint density at radius 3 is 2.19 bits per heavy atom. The quantitative estimate of drug-likeness (QED) is 0.854. The molecule has 108 valence electrons. The van der Waals surface area contributed by atoms with Crippen molar-refractivity contribution in [2.75, 3.05) is 5.32 Å². The van der Waals surface area contributed by atoms with Crippen LogP contribution in [0.15, 0.2) is 48.8 Å². The summed E-state index contributed by atoms with van der Waals surface area (Å²) in [7, 11) is 0. The first-order valence-electron chi connectivity index (χ1n) is 6.63. The number of amides is 1. The van der Waals surface area contributed by atoms with Gasteiger partial charge in [0.25, 0.3) is 0 Å². The second-order valence-corrected chi connectivity index (χ2v) is 4.67. The van der Waals surface area contributed by atoms with Crippen molar-refractivity contribution in [3.8, 4) is 0 Å². The Morgan fingerprint density at radius 2 is 1.57 bits per heavy atom. The van der Waals surface area contributed by atoms with E-state index in [1.54, 1.807) is 12.4 Å². The molecule has 1 amide bonds. The smallest absolute Gasteiger partial charge is 0.303 e. The Hall–Kier alpha value is -2.69. The highest BCUT2D eigenvalue weighted by Gasteiger charge is 2.05. The van der Waals surface area contributed by atoms with E-state index in [0.29, 0.717) is 5.69 Å². The number of rotatable bonds is 6. The van der Waals surface area contributed by atoms with Crippen molar-refractivity contribution in [3.05, 3.63) is 59.9 Å². The molecule has 0 aliphatic heterocycles. The third-order valence-corrected chi connectivity index (χ3v) is 2.96. The second-order valence-electron chi connectivity index (χ2n) is 4.67. The normalized spacial score (nSPS) is 10.1. The molecule has 0 aliphatic carbocycles. The molecule has 5 nitrogen and oxygen atoms in total. The van der Waals surface area contributed by atoms with Crippen LogP contribution >= 0.6 is 0 Å². The van der Waals surface area contributed by atoms with Crippen molar-refractivity contribution in [2.24, 2.45) is 0 Å². The molecule has 2 N–H and O–H groups in total. The minimum atomic E-state index is -0.974. The van der Waals surface area contributed by atoms with Crippen molar-refractivity contribution in [2.45, 2.75) is 19.3 Å². The molecule has 5 heteroatoms. The van der Waals surface area contributed by atoms with Crippen LogP contribution < -0.4 is 5.32 Å². The molecule has 1 aromatic heterocycles. The molecule has 0 bridgehead atoms. The van der Waals surface area contributed by atoms with Crippen molar-refractivity contribution in [1.82, 2.24) is 4.98 Å². The Bertz CT molecular complexity index is 609. The van der Waals surface area contributed by atoms with Crippen molar-refractivity contribution in [1.29, 1.82) is 0 Å². The van der Waals surface area contributed by atoms with Gasteiger partial charge in [0.1, 0.15) is 0 Å². The Kier molecular flexibility index (Phi) is 5.04. The van der Waals surface area contributed by atoms with Gasteiger partial charge in [-0.15, -0.1) is 0 Å². The van der Waals surface area contributed by atoms with E-state index < -0.39 is 5.97 Å². The summed E-state index contributed by atoms with van der Waals surface area (Å²) in [6, 6.07) is 11.4. The molecular weight excluding hydrogens is 268 g/mol.